The number of hydrogen-bond acceptors (Lipinski definition) is 9. The number of ether oxygens (including phenoxy) is 2. The van der Waals surface area contributed by atoms with Crippen LogP contribution in [0.5, 0.6) is 11.6 Å². The zero-order chi connectivity index (χ0) is 29.9. The summed E-state index contributed by atoms with van der Waals surface area (Å²) in [7, 11) is 3.42. The smallest absolute Gasteiger partial charge is 0.410 e. The topological polar surface area (TPSA) is 105 Å². The van der Waals surface area contributed by atoms with E-state index in [0.29, 0.717) is 15.6 Å². The summed E-state index contributed by atoms with van der Waals surface area (Å²) in [4.78, 5) is 32.9. The molecule has 1 N–H and O–H groups in total. The van der Waals surface area contributed by atoms with Gasteiger partial charge in [0.2, 0.25) is 11.8 Å². The summed E-state index contributed by atoms with van der Waals surface area (Å²) in [5.74, 6) is -1.70. The zero-order valence-corrected chi connectivity index (χ0v) is 24.4. The number of anilines is 1. The second-order valence-electron chi connectivity index (χ2n) is 10.7. The molecule has 41 heavy (non-hydrogen) atoms. The molecule has 1 aliphatic heterocycles. The summed E-state index contributed by atoms with van der Waals surface area (Å²) in [5, 5.41) is 3.70. The first-order chi connectivity index (χ1) is 19.3. The molecule has 1 fully saturated rings. The monoisotopic (exact) mass is 591 g/mol. The van der Waals surface area contributed by atoms with Crippen LogP contribution in [0, 0.1) is 18.6 Å². The van der Waals surface area contributed by atoms with Crippen LogP contribution in [0.4, 0.5) is 29.6 Å². The fraction of sp³-hybridized carbons (Fsp3) is 0.444. The molecule has 0 spiro atoms. The van der Waals surface area contributed by atoms with Gasteiger partial charge in [-0.05, 0) is 33.8 Å². The number of aryl methyl sites for hydroxylation is 1. The van der Waals surface area contributed by atoms with Gasteiger partial charge in [-0.15, -0.1) is 11.3 Å². The average Bonchev–Trinajstić information content (AvgIpc) is 3.24. The van der Waals surface area contributed by atoms with E-state index in [1.165, 1.54) is 28.8 Å². The lowest BCUT2D eigenvalue weighted by atomic mass is 10.0. The van der Waals surface area contributed by atoms with Crippen LogP contribution in [0.25, 0.3) is 10.6 Å². The number of nitrogens with one attached hydrogen (secondary N) is 1. The first-order valence-corrected chi connectivity index (χ1v) is 13.7. The van der Waals surface area contributed by atoms with E-state index in [2.05, 4.69) is 25.3 Å². The van der Waals surface area contributed by atoms with E-state index in [0.717, 1.165) is 12.1 Å². The Labute approximate surface area is 240 Å². The number of carbonyl (C=O) groups excluding carboxylic acids is 1. The first-order valence-electron chi connectivity index (χ1n) is 12.8. The van der Waals surface area contributed by atoms with Crippen LogP contribution in [-0.2, 0) is 4.74 Å². The Balaban J connectivity index is 1.53. The van der Waals surface area contributed by atoms with Gasteiger partial charge in [-0.3, -0.25) is 0 Å². The van der Waals surface area contributed by atoms with E-state index in [-0.39, 0.29) is 42.8 Å². The maximum absolute atomic E-state index is 14.8. The first kappa shape index (κ1) is 30.0. The molecule has 1 aliphatic rings. The lowest BCUT2D eigenvalue weighted by Crippen LogP contribution is -2.51. The highest BCUT2D eigenvalue weighted by Gasteiger charge is 2.33. The molecule has 4 rings (SSSR count). The number of carbonyl (C=O) groups is 1. The molecule has 1 amide bonds. The number of amides is 1. The molecule has 1 saturated heterocycles. The molecule has 10 nitrogen and oxygen atoms in total. The standard InChI is InChI=1S/C27H32F3N7O3S/c1-15-33-24(39-22-11-18(29)21(10-19(22)30)32-14-36(5)6)23(41-15)20-7-8-31-25(35-20)34-17-9-16(28)12-37(13-17)26(38)40-27(2,3)4/h7-8,10-11,14,16-17H,9,12-13H2,1-6H3,(H,31,34,35)/t16-,17-/m0/s1. The van der Waals surface area contributed by atoms with E-state index in [1.54, 1.807) is 52.8 Å². The minimum atomic E-state index is -1.25. The molecule has 3 heterocycles. The number of alkyl halides is 1. The molecule has 3 aromatic rings. The minimum absolute atomic E-state index is 0.0394. The highest BCUT2D eigenvalue weighted by molar-refractivity contribution is 7.15. The van der Waals surface area contributed by atoms with E-state index in [1.807, 2.05) is 0 Å². The van der Waals surface area contributed by atoms with Crippen molar-refractivity contribution in [3.63, 3.8) is 0 Å². The van der Waals surface area contributed by atoms with Gasteiger partial charge in [0.05, 0.1) is 23.6 Å². The Morgan fingerprint density at radius 3 is 2.68 bits per heavy atom. The summed E-state index contributed by atoms with van der Waals surface area (Å²) in [6.07, 6.45) is 1.17. The van der Waals surface area contributed by atoms with Crippen molar-refractivity contribution in [2.45, 2.75) is 51.9 Å². The van der Waals surface area contributed by atoms with Crippen molar-refractivity contribution in [2.24, 2.45) is 4.99 Å². The minimum Gasteiger partial charge on any atom is -0.444 e. The van der Waals surface area contributed by atoms with Crippen molar-refractivity contribution in [1.29, 1.82) is 0 Å². The molecule has 220 valence electrons. The van der Waals surface area contributed by atoms with Gasteiger partial charge in [0.1, 0.15) is 22.3 Å². The number of nitrogens with zero attached hydrogens (tertiary/aromatic N) is 6. The fourth-order valence-electron chi connectivity index (χ4n) is 3.97. The number of piperidine rings is 1. The molecule has 2 aromatic heterocycles. The number of thiazole rings is 1. The maximum atomic E-state index is 14.8. The van der Waals surface area contributed by atoms with Gasteiger partial charge < -0.3 is 24.6 Å². The fourth-order valence-corrected chi connectivity index (χ4v) is 4.79. The Morgan fingerprint density at radius 1 is 1.22 bits per heavy atom. The van der Waals surface area contributed by atoms with Crippen LogP contribution in [0.15, 0.2) is 29.4 Å². The quantitative estimate of drug-likeness (QED) is 0.265. The molecule has 2 atom stereocenters. The Morgan fingerprint density at radius 2 is 1.98 bits per heavy atom. The second-order valence-corrected chi connectivity index (χ2v) is 11.9. The number of benzene rings is 1. The van der Waals surface area contributed by atoms with Crippen molar-refractivity contribution in [3.8, 4) is 22.2 Å². The average molecular weight is 592 g/mol. The Bertz CT molecular complexity index is 1430. The van der Waals surface area contributed by atoms with Crippen molar-refractivity contribution in [3.05, 3.63) is 41.0 Å². The van der Waals surface area contributed by atoms with Gasteiger partial charge >= 0.3 is 6.09 Å². The molecule has 0 bridgehead atoms. The number of aliphatic imine (C=N–C) groups is 1. The van der Waals surface area contributed by atoms with E-state index >= 15 is 0 Å². The SMILES string of the molecule is Cc1nc(Oc2cc(F)c(N=CN(C)C)cc2F)c(-c2ccnc(N[C@H]3C[C@H](F)CN(C(=O)OC(C)(C)C)C3)n2)s1. The van der Waals surface area contributed by atoms with Crippen molar-refractivity contribution in [1.82, 2.24) is 24.8 Å². The third-order valence-corrected chi connectivity index (χ3v) is 6.59. The number of rotatable bonds is 7. The van der Waals surface area contributed by atoms with E-state index in [4.69, 9.17) is 9.47 Å². The second kappa shape index (κ2) is 12.3. The van der Waals surface area contributed by atoms with Gasteiger partial charge in [-0.2, -0.15) is 0 Å². The zero-order valence-electron chi connectivity index (χ0n) is 23.6. The lowest BCUT2D eigenvalue weighted by molar-refractivity contribution is 0.0124. The van der Waals surface area contributed by atoms with Gasteiger partial charge in [-0.1, -0.05) is 0 Å². The number of aromatic nitrogens is 3. The van der Waals surface area contributed by atoms with E-state index in [9.17, 15) is 18.0 Å². The molecule has 0 radical (unpaired) electrons. The van der Waals surface area contributed by atoms with Crippen LogP contribution < -0.4 is 10.1 Å². The van der Waals surface area contributed by atoms with Crippen molar-refractivity contribution < 1.29 is 27.4 Å². The van der Waals surface area contributed by atoms with Crippen LogP contribution in [0.3, 0.4) is 0 Å². The number of hydrogen-bond donors (Lipinski definition) is 1. The van der Waals surface area contributed by atoms with Crippen molar-refractivity contribution in [2.75, 3.05) is 32.5 Å². The molecule has 14 heteroatoms. The van der Waals surface area contributed by atoms with Crippen LogP contribution in [0.2, 0.25) is 0 Å². The third-order valence-electron chi connectivity index (χ3n) is 5.61. The van der Waals surface area contributed by atoms with Gasteiger partial charge in [-0.25, -0.2) is 37.9 Å². The predicted molar refractivity (Wildman–Crippen MR) is 151 cm³/mol. The summed E-state index contributed by atoms with van der Waals surface area (Å²) in [6, 6.07) is 3.01. The van der Waals surface area contributed by atoms with Gasteiger partial charge in [0, 0.05) is 51.4 Å². The summed E-state index contributed by atoms with van der Waals surface area (Å²) < 4.78 is 55.0. The molecule has 0 aliphatic carbocycles. The predicted octanol–water partition coefficient (Wildman–Crippen LogP) is 5.96. The third kappa shape index (κ3) is 8.06. The van der Waals surface area contributed by atoms with E-state index < -0.39 is 35.5 Å². The van der Waals surface area contributed by atoms with Crippen LogP contribution in [-0.4, -0.2) is 82.2 Å². The normalized spacial score (nSPS) is 17.5. The molecular weight excluding hydrogens is 559 g/mol. The lowest BCUT2D eigenvalue weighted by Gasteiger charge is -2.36. The number of likely N-dealkylation sites (tertiary alicyclic amines) is 1. The summed E-state index contributed by atoms with van der Waals surface area (Å²) in [5.41, 5.74) is -0.467. The maximum Gasteiger partial charge on any atom is 0.410 e. The largest absolute Gasteiger partial charge is 0.444 e. The highest BCUT2D eigenvalue weighted by Crippen LogP contribution is 2.39. The molecule has 0 saturated carbocycles. The Kier molecular flexibility index (Phi) is 9.00. The Hall–Kier alpha value is -3.94. The summed E-state index contributed by atoms with van der Waals surface area (Å²) in [6.45, 7) is 7.13. The van der Waals surface area contributed by atoms with Crippen LogP contribution in [0.1, 0.15) is 32.2 Å². The van der Waals surface area contributed by atoms with Gasteiger partial charge in [0.25, 0.3) is 0 Å². The van der Waals surface area contributed by atoms with Crippen molar-refractivity contribution >= 4 is 35.4 Å². The molecule has 0 unspecified atom stereocenters. The molecule has 1 aromatic carbocycles. The van der Waals surface area contributed by atoms with Gasteiger partial charge in [0.15, 0.2) is 17.4 Å². The van der Waals surface area contributed by atoms with Crippen LogP contribution >= 0.6 is 11.3 Å². The number of halogens is 3. The summed E-state index contributed by atoms with van der Waals surface area (Å²) >= 11 is 1.25. The highest BCUT2D eigenvalue weighted by atomic mass is 32.1. The molecular formula is C27H32F3N7O3S.